The number of nitrogens with zero attached hydrogens (tertiary/aromatic N) is 4. The monoisotopic (exact) mass is 525 g/mol. The van der Waals surface area contributed by atoms with E-state index in [4.69, 9.17) is 0 Å². The summed E-state index contributed by atoms with van der Waals surface area (Å²) < 4.78 is 53.6. The molecular formula is C28H27F4N5O. The number of fused-ring (bicyclic) bond motifs is 1. The van der Waals surface area contributed by atoms with Crippen LogP contribution in [-0.4, -0.2) is 41.5 Å². The molecule has 5 rings (SSSR count). The molecule has 198 valence electrons. The molecule has 1 saturated heterocycles. The highest BCUT2D eigenvalue weighted by atomic mass is 19.4. The number of aromatic nitrogens is 2. The van der Waals surface area contributed by atoms with Crippen LogP contribution in [0.3, 0.4) is 0 Å². The van der Waals surface area contributed by atoms with Gasteiger partial charge >= 0.3 is 6.18 Å². The summed E-state index contributed by atoms with van der Waals surface area (Å²) in [5.41, 5.74) is 3.54. The SMILES string of the molecule is CCc1nc2cc(F)ccn2c1C(=O)NCc1ccc(N2CCN(c3ccc(C(F)(F)F)cc3)CC2)cc1. The van der Waals surface area contributed by atoms with E-state index >= 15 is 0 Å². The number of aryl methyl sites for hydroxylation is 1. The second-order valence-electron chi connectivity index (χ2n) is 9.20. The van der Waals surface area contributed by atoms with Gasteiger partial charge in [-0.1, -0.05) is 19.1 Å². The number of carbonyl (C=O) groups excluding carboxylic acids is 1. The molecule has 0 bridgehead atoms. The number of carbonyl (C=O) groups is 1. The molecule has 0 atom stereocenters. The van der Waals surface area contributed by atoms with E-state index < -0.39 is 17.6 Å². The Morgan fingerprint density at radius 2 is 1.50 bits per heavy atom. The molecule has 10 heteroatoms. The van der Waals surface area contributed by atoms with Gasteiger partial charge in [0.15, 0.2) is 0 Å². The normalized spacial score (nSPS) is 14.2. The predicted molar refractivity (Wildman–Crippen MR) is 138 cm³/mol. The summed E-state index contributed by atoms with van der Waals surface area (Å²) >= 11 is 0. The standard InChI is InChI=1S/C28H27F4N5O/c1-2-24-26(37-12-11-21(29)17-25(37)34-24)27(38)33-18-19-3-7-22(8-4-19)35-13-15-36(16-14-35)23-9-5-20(6-10-23)28(30,31)32/h3-12,17H,2,13-16,18H2,1H3,(H,33,38). The van der Waals surface area contributed by atoms with Gasteiger partial charge in [-0.15, -0.1) is 0 Å². The van der Waals surface area contributed by atoms with Crippen LogP contribution in [0.15, 0.2) is 66.9 Å². The second-order valence-corrected chi connectivity index (χ2v) is 9.20. The van der Waals surface area contributed by atoms with Crippen molar-refractivity contribution in [2.24, 2.45) is 0 Å². The molecule has 0 unspecified atom stereocenters. The van der Waals surface area contributed by atoms with Gasteiger partial charge in [0.05, 0.1) is 11.3 Å². The predicted octanol–water partition coefficient (Wildman–Crippen LogP) is 5.31. The van der Waals surface area contributed by atoms with Gasteiger partial charge in [0, 0.05) is 56.4 Å². The third kappa shape index (κ3) is 5.29. The highest BCUT2D eigenvalue weighted by Gasteiger charge is 2.30. The lowest BCUT2D eigenvalue weighted by Gasteiger charge is -2.37. The lowest BCUT2D eigenvalue weighted by molar-refractivity contribution is -0.137. The summed E-state index contributed by atoms with van der Waals surface area (Å²) in [7, 11) is 0. The fourth-order valence-electron chi connectivity index (χ4n) is 4.73. The fourth-order valence-corrected chi connectivity index (χ4v) is 4.73. The molecule has 0 spiro atoms. The van der Waals surface area contributed by atoms with Crippen LogP contribution in [0, 0.1) is 5.82 Å². The van der Waals surface area contributed by atoms with E-state index in [1.807, 2.05) is 31.2 Å². The summed E-state index contributed by atoms with van der Waals surface area (Å²) in [6.07, 6.45) is -2.27. The maximum atomic E-state index is 13.6. The van der Waals surface area contributed by atoms with Crippen molar-refractivity contribution in [3.05, 3.63) is 95.2 Å². The number of rotatable bonds is 6. The second kappa shape index (κ2) is 10.4. The van der Waals surface area contributed by atoms with Gasteiger partial charge in [0.1, 0.15) is 17.2 Å². The Kier molecular flexibility index (Phi) is 6.96. The van der Waals surface area contributed by atoms with Crippen molar-refractivity contribution in [1.82, 2.24) is 14.7 Å². The van der Waals surface area contributed by atoms with E-state index in [9.17, 15) is 22.4 Å². The Morgan fingerprint density at radius 1 is 0.921 bits per heavy atom. The quantitative estimate of drug-likeness (QED) is 0.347. The molecule has 1 amide bonds. The Morgan fingerprint density at radius 3 is 2.05 bits per heavy atom. The van der Waals surface area contributed by atoms with Crippen molar-refractivity contribution in [3.63, 3.8) is 0 Å². The van der Waals surface area contributed by atoms with Crippen LogP contribution in [-0.2, 0) is 19.1 Å². The third-order valence-corrected chi connectivity index (χ3v) is 6.80. The zero-order chi connectivity index (χ0) is 26.9. The highest BCUT2D eigenvalue weighted by Crippen LogP contribution is 2.31. The molecular weight excluding hydrogens is 498 g/mol. The number of piperazine rings is 1. The first kappa shape index (κ1) is 25.6. The Bertz CT molecular complexity index is 1420. The number of amides is 1. The van der Waals surface area contributed by atoms with Gasteiger partial charge in [0.25, 0.3) is 5.91 Å². The maximum absolute atomic E-state index is 13.6. The molecule has 6 nitrogen and oxygen atoms in total. The van der Waals surface area contributed by atoms with Crippen LogP contribution in [0.25, 0.3) is 5.65 Å². The Hall–Kier alpha value is -4.08. The molecule has 38 heavy (non-hydrogen) atoms. The van der Waals surface area contributed by atoms with Crippen LogP contribution < -0.4 is 15.1 Å². The summed E-state index contributed by atoms with van der Waals surface area (Å²) in [6, 6.07) is 15.8. The first-order valence-electron chi connectivity index (χ1n) is 12.4. The molecule has 1 fully saturated rings. The number of benzene rings is 2. The van der Waals surface area contributed by atoms with Gasteiger partial charge in [-0.2, -0.15) is 13.2 Å². The first-order valence-corrected chi connectivity index (χ1v) is 12.4. The number of imidazole rings is 1. The number of hydrogen-bond acceptors (Lipinski definition) is 4. The molecule has 1 N–H and O–H groups in total. The molecule has 0 radical (unpaired) electrons. The lowest BCUT2D eigenvalue weighted by Crippen LogP contribution is -2.46. The Balaban J connectivity index is 1.17. The zero-order valence-electron chi connectivity index (χ0n) is 20.8. The van der Waals surface area contributed by atoms with Crippen LogP contribution >= 0.6 is 0 Å². The largest absolute Gasteiger partial charge is 0.416 e. The fraction of sp³-hybridized carbons (Fsp3) is 0.286. The average Bonchev–Trinajstić information content (AvgIpc) is 3.29. The minimum absolute atomic E-state index is 0.274. The van der Waals surface area contributed by atoms with Crippen molar-refractivity contribution < 1.29 is 22.4 Å². The highest BCUT2D eigenvalue weighted by molar-refractivity contribution is 5.94. The smallest absolute Gasteiger partial charge is 0.368 e. The third-order valence-electron chi connectivity index (χ3n) is 6.80. The van der Waals surface area contributed by atoms with Crippen molar-refractivity contribution in [3.8, 4) is 0 Å². The van der Waals surface area contributed by atoms with Gasteiger partial charge in [-0.3, -0.25) is 9.20 Å². The van der Waals surface area contributed by atoms with E-state index in [0.717, 1.165) is 42.2 Å². The average molecular weight is 526 g/mol. The van der Waals surface area contributed by atoms with Gasteiger partial charge in [-0.25, -0.2) is 9.37 Å². The van der Waals surface area contributed by atoms with E-state index in [1.165, 1.54) is 30.5 Å². The van der Waals surface area contributed by atoms with Gasteiger partial charge < -0.3 is 15.1 Å². The Labute approximate surface area is 217 Å². The molecule has 1 aliphatic heterocycles. The number of hydrogen-bond donors (Lipinski definition) is 1. The summed E-state index contributed by atoms with van der Waals surface area (Å²) in [5.74, 6) is -0.678. The molecule has 0 saturated carbocycles. The topological polar surface area (TPSA) is 52.9 Å². The van der Waals surface area contributed by atoms with Crippen molar-refractivity contribution in [2.75, 3.05) is 36.0 Å². The van der Waals surface area contributed by atoms with Crippen LogP contribution in [0.4, 0.5) is 28.9 Å². The van der Waals surface area contributed by atoms with Crippen molar-refractivity contribution in [2.45, 2.75) is 26.1 Å². The molecule has 2 aromatic carbocycles. The molecule has 1 aliphatic rings. The number of halogens is 4. The minimum atomic E-state index is -4.33. The van der Waals surface area contributed by atoms with Crippen LogP contribution in [0.5, 0.6) is 0 Å². The van der Waals surface area contributed by atoms with E-state index in [1.54, 1.807) is 4.40 Å². The lowest BCUT2D eigenvalue weighted by atomic mass is 10.1. The van der Waals surface area contributed by atoms with Crippen LogP contribution in [0.1, 0.15) is 34.2 Å². The van der Waals surface area contributed by atoms with Gasteiger partial charge in [-0.05, 0) is 54.4 Å². The van der Waals surface area contributed by atoms with E-state index in [0.29, 0.717) is 43.1 Å². The molecule has 3 heterocycles. The molecule has 4 aromatic rings. The van der Waals surface area contributed by atoms with Crippen LogP contribution in [0.2, 0.25) is 0 Å². The van der Waals surface area contributed by atoms with E-state index in [2.05, 4.69) is 20.1 Å². The molecule has 0 aliphatic carbocycles. The van der Waals surface area contributed by atoms with E-state index in [-0.39, 0.29) is 5.91 Å². The van der Waals surface area contributed by atoms with Crippen molar-refractivity contribution >= 4 is 22.9 Å². The number of alkyl halides is 3. The summed E-state index contributed by atoms with van der Waals surface area (Å²) in [6.45, 7) is 5.12. The minimum Gasteiger partial charge on any atom is -0.368 e. The zero-order valence-corrected chi connectivity index (χ0v) is 20.8. The number of anilines is 2. The summed E-state index contributed by atoms with van der Waals surface area (Å²) in [5, 5.41) is 2.93. The number of nitrogens with one attached hydrogen (secondary N) is 1. The molecule has 2 aromatic heterocycles. The van der Waals surface area contributed by atoms with Crippen molar-refractivity contribution in [1.29, 1.82) is 0 Å². The summed E-state index contributed by atoms with van der Waals surface area (Å²) in [4.78, 5) is 21.6. The maximum Gasteiger partial charge on any atom is 0.416 e. The first-order chi connectivity index (χ1) is 18.2. The van der Waals surface area contributed by atoms with Gasteiger partial charge in [0.2, 0.25) is 0 Å². The number of pyridine rings is 1.